The molecule has 0 aliphatic heterocycles. The third-order valence-corrected chi connectivity index (χ3v) is 3.71. The molecule has 0 radical (unpaired) electrons. The minimum Gasteiger partial charge on any atom is -0.305 e. The minimum atomic E-state index is -0.175. The van der Waals surface area contributed by atoms with Crippen molar-refractivity contribution in [3.8, 4) is 0 Å². The molecule has 0 fully saturated rings. The van der Waals surface area contributed by atoms with Crippen LogP contribution in [0.25, 0.3) is 5.65 Å². The summed E-state index contributed by atoms with van der Waals surface area (Å²) in [5.74, 6) is 0.318. The molecule has 25 heavy (non-hydrogen) atoms. The Balaban J connectivity index is 0.00000109. The van der Waals surface area contributed by atoms with Gasteiger partial charge in [-0.15, -0.1) is 0 Å². The highest BCUT2D eigenvalue weighted by Gasteiger charge is 2.15. The molecule has 5 nitrogen and oxygen atoms in total. The Hall–Kier alpha value is -2.69. The fourth-order valence-corrected chi connectivity index (χ4v) is 2.35. The number of hydrogen-bond acceptors (Lipinski definition) is 3. The second kappa shape index (κ2) is 7.47. The van der Waals surface area contributed by atoms with Gasteiger partial charge in [0.2, 0.25) is 0 Å². The van der Waals surface area contributed by atoms with Crippen LogP contribution >= 0.6 is 0 Å². The molecular weight excluding hydrogens is 312 g/mol. The predicted octanol–water partition coefficient (Wildman–Crippen LogP) is 4.61. The SMILES string of the molecule is CC.Cc1ccc2nc(NC(=O)c3ccc(C(C)(C)C)cc3)cn2n1. The number of fused-ring (bicyclic) bond motifs is 1. The Bertz CT molecular complexity index is 858. The van der Waals surface area contributed by atoms with E-state index in [1.807, 2.05) is 57.2 Å². The van der Waals surface area contributed by atoms with Crippen molar-refractivity contribution in [2.45, 2.75) is 47.0 Å². The maximum atomic E-state index is 12.3. The number of amides is 1. The lowest BCUT2D eigenvalue weighted by Gasteiger charge is -2.18. The van der Waals surface area contributed by atoms with Gasteiger partial charge < -0.3 is 5.32 Å². The number of aryl methyl sites for hydroxylation is 1. The van der Waals surface area contributed by atoms with Gasteiger partial charge in [0.15, 0.2) is 11.5 Å². The van der Waals surface area contributed by atoms with Crippen LogP contribution in [0.15, 0.2) is 42.6 Å². The fourth-order valence-electron chi connectivity index (χ4n) is 2.35. The summed E-state index contributed by atoms with van der Waals surface area (Å²) in [6, 6.07) is 11.4. The van der Waals surface area contributed by atoms with Gasteiger partial charge in [0.05, 0.1) is 11.9 Å². The summed E-state index contributed by atoms with van der Waals surface area (Å²) in [7, 11) is 0. The molecule has 1 N–H and O–H groups in total. The second-order valence-electron chi connectivity index (χ2n) is 6.69. The predicted molar refractivity (Wildman–Crippen MR) is 102 cm³/mol. The maximum Gasteiger partial charge on any atom is 0.256 e. The van der Waals surface area contributed by atoms with Gasteiger partial charge in [-0.05, 0) is 42.2 Å². The number of hydrogen-bond donors (Lipinski definition) is 1. The lowest BCUT2D eigenvalue weighted by atomic mass is 9.87. The highest BCUT2D eigenvalue weighted by atomic mass is 16.1. The Labute approximate surface area is 149 Å². The molecule has 3 rings (SSSR count). The lowest BCUT2D eigenvalue weighted by Crippen LogP contribution is -2.14. The van der Waals surface area contributed by atoms with Gasteiger partial charge in [-0.1, -0.05) is 46.8 Å². The second-order valence-corrected chi connectivity index (χ2v) is 6.69. The van der Waals surface area contributed by atoms with E-state index in [1.54, 1.807) is 10.7 Å². The molecule has 5 heteroatoms. The van der Waals surface area contributed by atoms with E-state index in [-0.39, 0.29) is 11.3 Å². The van der Waals surface area contributed by atoms with Gasteiger partial charge in [0, 0.05) is 5.56 Å². The number of anilines is 1. The third kappa shape index (κ3) is 4.44. The van der Waals surface area contributed by atoms with Crippen molar-refractivity contribution in [2.24, 2.45) is 0 Å². The fraction of sp³-hybridized carbons (Fsp3) is 0.350. The van der Waals surface area contributed by atoms with Gasteiger partial charge >= 0.3 is 0 Å². The molecule has 3 aromatic rings. The topological polar surface area (TPSA) is 59.3 Å². The summed E-state index contributed by atoms with van der Waals surface area (Å²) in [4.78, 5) is 16.7. The normalized spacial score (nSPS) is 11.0. The van der Waals surface area contributed by atoms with Crippen molar-refractivity contribution in [2.75, 3.05) is 5.32 Å². The van der Waals surface area contributed by atoms with Crippen LogP contribution in [0.4, 0.5) is 5.82 Å². The van der Waals surface area contributed by atoms with Gasteiger partial charge in [0.1, 0.15) is 0 Å². The summed E-state index contributed by atoms with van der Waals surface area (Å²) >= 11 is 0. The monoisotopic (exact) mass is 338 g/mol. The molecule has 0 spiro atoms. The van der Waals surface area contributed by atoms with E-state index < -0.39 is 0 Å². The molecule has 2 heterocycles. The Kier molecular flexibility index (Phi) is 5.57. The largest absolute Gasteiger partial charge is 0.305 e. The van der Waals surface area contributed by atoms with Gasteiger partial charge in [-0.25, -0.2) is 9.50 Å². The summed E-state index contributed by atoms with van der Waals surface area (Å²) in [5, 5.41) is 7.13. The highest BCUT2D eigenvalue weighted by molar-refractivity contribution is 6.03. The van der Waals surface area contributed by atoms with Crippen LogP contribution in [0, 0.1) is 6.92 Å². The van der Waals surface area contributed by atoms with E-state index in [0.29, 0.717) is 17.0 Å². The van der Waals surface area contributed by atoms with Crippen LogP contribution in [0.3, 0.4) is 0 Å². The quantitative estimate of drug-likeness (QED) is 0.742. The molecule has 0 saturated heterocycles. The van der Waals surface area contributed by atoms with Crippen LogP contribution in [0.1, 0.15) is 56.2 Å². The highest BCUT2D eigenvalue weighted by Crippen LogP contribution is 2.22. The van der Waals surface area contributed by atoms with Crippen molar-refractivity contribution in [3.63, 3.8) is 0 Å². The zero-order valence-corrected chi connectivity index (χ0v) is 15.8. The lowest BCUT2D eigenvalue weighted by molar-refractivity contribution is 0.102. The average Bonchev–Trinajstić information content (AvgIpc) is 2.97. The molecule has 1 amide bonds. The molecule has 0 bridgehead atoms. The number of nitrogens with zero attached hydrogens (tertiary/aromatic N) is 3. The first-order chi connectivity index (χ1) is 11.8. The van der Waals surface area contributed by atoms with E-state index in [2.05, 4.69) is 36.2 Å². The van der Waals surface area contributed by atoms with Crippen LogP contribution in [0.5, 0.6) is 0 Å². The average molecular weight is 338 g/mol. The van der Waals surface area contributed by atoms with Crippen molar-refractivity contribution < 1.29 is 4.79 Å². The van der Waals surface area contributed by atoms with Crippen molar-refractivity contribution in [3.05, 3.63) is 59.4 Å². The number of carbonyl (C=O) groups excluding carboxylic acids is 1. The third-order valence-electron chi connectivity index (χ3n) is 3.71. The Morgan fingerprint density at radius 2 is 1.68 bits per heavy atom. The standard InChI is InChI=1S/C18H20N4O.C2H6/c1-12-5-10-16-19-15(11-22(16)21-12)20-17(23)13-6-8-14(9-7-13)18(2,3)4;1-2/h5-11H,1-4H3,(H,20,23);1-2H3. The summed E-state index contributed by atoms with van der Waals surface area (Å²) in [6.07, 6.45) is 1.71. The van der Waals surface area contributed by atoms with Gasteiger partial charge in [-0.2, -0.15) is 5.10 Å². The molecule has 0 atom stereocenters. The number of benzene rings is 1. The van der Waals surface area contributed by atoms with Crippen LogP contribution in [-0.4, -0.2) is 20.5 Å². The van der Waals surface area contributed by atoms with Gasteiger partial charge in [0.25, 0.3) is 5.91 Å². The van der Waals surface area contributed by atoms with Crippen LogP contribution in [-0.2, 0) is 5.41 Å². The van der Waals surface area contributed by atoms with E-state index in [4.69, 9.17) is 0 Å². The van der Waals surface area contributed by atoms with Crippen LogP contribution in [0.2, 0.25) is 0 Å². The zero-order chi connectivity index (χ0) is 18.6. The summed E-state index contributed by atoms with van der Waals surface area (Å²) in [5.41, 5.74) is 3.47. The molecule has 0 unspecified atom stereocenters. The molecular formula is C20H26N4O. The summed E-state index contributed by atoms with van der Waals surface area (Å²) in [6.45, 7) is 12.4. The first-order valence-electron chi connectivity index (χ1n) is 8.58. The van der Waals surface area contributed by atoms with Crippen molar-refractivity contribution in [1.29, 1.82) is 0 Å². The zero-order valence-electron chi connectivity index (χ0n) is 15.8. The first-order valence-corrected chi connectivity index (χ1v) is 8.58. The minimum absolute atomic E-state index is 0.0696. The smallest absolute Gasteiger partial charge is 0.256 e. The van der Waals surface area contributed by atoms with Gasteiger partial charge in [-0.3, -0.25) is 4.79 Å². The Morgan fingerprint density at radius 1 is 1.04 bits per heavy atom. The molecule has 0 saturated carbocycles. The number of rotatable bonds is 2. The Morgan fingerprint density at radius 3 is 2.28 bits per heavy atom. The van der Waals surface area contributed by atoms with E-state index in [1.165, 1.54) is 5.56 Å². The molecule has 1 aromatic carbocycles. The van der Waals surface area contributed by atoms with Crippen LogP contribution < -0.4 is 5.32 Å². The summed E-state index contributed by atoms with van der Waals surface area (Å²) < 4.78 is 1.66. The molecule has 0 aliphatic rings. The number of nitrogens with one attached hydrogen (secondary N) is 1. The van der Waals surface area contributed by atoms with E-state index in [9.17, 15) is 4.79 Å². The van der Waals surface area contributed by atoms with E-state index in [0.717, 1.165) is 5.69 Å². The molecule has 132 valence electrons. The van der Waals surface area contributed by atoms with Crippen molar-refractivity contribution >= 4 is 17.4 Å². The number of carbonyl (C=O) groups is 1. The van der Waals surface area contributed by atoms with E-state index >= 15 is 0 Å². The number of aromatic nitrogens is 3. The molecule has 0 aliphatic carbocycles. The van der Waals surface area contributed by atoms with Crippen molar-refractivity contribution in [1.82, 2.24) is 14.6 Å². The number of imidazole rings is 1. The first kappa shape index (κ1) is 18.6. The maximum absolute atomic E-state index is 12.3. The molecule has 2 aromatic heterocycles.